The summed E-state index contributed by atoms with van der Waals surface area (Å²) in [7, 11) is 0. The number of amides is 3. The second kappa shape index (κ2) is 9.19. The van der Waals surface area contributed by atoms with E-state index in [1.807, 2.05) is 22.9 Å². The number of hydrogen-bond acceptors (Lipinski definition) is 7. The molecule has 0 atom stereocenters. The highest BCUT2D eigenvalue weighted by Gasteiger charge is 2.18. The summed E-state index contributed by atoms with van der Waals surface area (Å²) in [5.74, 6) is -1.56. The Labute approximate surface area is 193 Å². The van der Waals surface area contributed by atoms with Crippen LogP contribution >= 0.6 is 0 Å². The summed E-state index contributed by atoms with van der Waals surface area (Å²) in [4.78, 5) is 43.0. The molecule has 0 unspecified atom stereocenters. The van der Waals surface area contributed by atoms with E-state index in [0.29, 0.717) is 37.6 Å². The molecule has 3 N–H and O–H groups in total. The maximum absolute atomic E-state index is 12.5. The Morgan fingerprint density at radius 1 is 1.00 bits per heavy atom. The van der Waals surface area contributed by atoms with Crippen LogP contribution in [0.25, 0.3) is 16.6 Å². The SMILES string of the molecule is O=C(NNc1nc2ccccn2n1)C(=O)Nc1ccc2c(ccn2CC(=O)N2CCOCC2)c1. The third-order valence-electron chi connectivity index (χ3n) is 5.43. The molecule has 1 fully saturated rings. The molecule has 5 rings (SSSR count). The molecular formula is C22H22N8O4. The number of rotatable bonds is 5. The number of pyridine rings is 1. The Morgan fingerprint density at radius 3 is 2.68 bits per heavy atom. The summed E-state index contributed by atoms with van der Waals surface area (Å²) in [6.45, 7) is 2.52. The average molecular weight is 462 g/mol. The minimum absolute atomic E-state index is 0.0300. The van der Waals surface area contributed by atoms with Gasteiger partial charge in [0.15, 0.2) is 5.65 Å². The van der Waals surface area contributed by atoms with Crippen LogP contribution in [0.3, 0.4) is 0 Å². The van der Waals surface area contributed by atoms with E-state index in [0.717, 1.165) is 10.9 Å². The van der Waals surface area contributed by atoms with Crippen molar-refractivity contribution in [2.45, 2.75) is 6.54 Å². The topological polar surface area (TPSA) is 135 Å². The zero-order chi connectivity index (χ0) is 23.5. The lowest BCUT2D eigenvalue weighted by Gasteiger charge is -2.27. The fourth-order valence-electron chi connectivity index (χ4n) is 3.72. The molecule has 4 heterocycles. The minimum atomic E-state index is -0.896. The van der Waals surface area contributed by atoms with Crippen molar-refractivity contribution in [3.63, 3.8) is 0 Å². The van der Waals surface area contributed by atoms with Crippen molar-refractivity contribution in [3.05, 3.63) is 54.9 Å². The molecule has 3 aromatic heterocycles. The van der Waals surface area contributed by atoms with Crippen molar-refractivity contribution >= 4 is 45.9 Å². The van der Waals surface area contributed by atoms with Crippen LogP contribution in [0.15, 0.2) is 54.9 Å². The first-order chi connectivity index (χ1) is 16.6. The highest BCUT2D eigenvalue weighted by atomic mass is 16.5. The molecule has 1 aromatic carbocycles. The Hall–Kier alpha value is -4.45. The van der Waals surface area contributed by atoms with E-state index in [4.69, 9.17) is 4.74 Å². The molecule has 12 nitrogen and oxygen atoms in total. The number of aromatic nitrogens is 4. The number of nitrogens with zero attached hydrogens (tertiary/aromatic N) is 5. The van der Waals surface area contributed by atoms with Gasteiger partial charge in [0.05, 0.1) is 13.2 Å². The summed E-state index contributed by atoms with van der Waals surface area (Å²) in [6.07, 6.45) is 3.54. The largest absolute Gasteiger partial charge is 0.378 e. The first kappa shape index (κ1) is 21.4. The van der Waals surface area contributed by atoms with Crippen molar-refractivity contribution < 1.29 is 19.1 Å². The minimum Gasteiger partial charge on any atom is -0.378 e. The van der Waals surface area contributed by atoms with Gasteiger partial charge in [-0.3, -0.25) is 25.2 Å². The van der Waals surface area contributed by atoms with E-state index >= 15 is 0 Å². The standard InChI is InChI=1S/C22H22N8O4/c31-19(28-9-11-34-12-10-28)14-29-8-6-15-13-16(4-5-17(15)29)23-20(32)21(33)25-26-22-24-18-3-1-2-7-30(18)27-22/h1-8,13H,9-12,14H2,(H,23,32)(H,25,33)(H,26,27). The summed E-state index contributed by atoms with van der Waals surface area (Å²) < 4.78 is 8.68. The van der Waals surface area contributed by atoms with Gasteiger partial charge in [0.25, 0.3) is 5.95 Å². The van der Waals surface area contributed by atoms with Crippen LogP contribution in [0.4, 0.5) is 11.6 Å². The molecule has 1 aliphatic rings. The lowest BCUT2D eigenvalue weighted by atomic mass is 10.2. The zero-order valence-electron chi connectivity index (χ0n) is 18.1. The zero-order valence-corrected chi connectivity index (χ0v) is 18.1. The van der Waals surface area contributed by atoms with Crippen molar-refractivity contribution in [2.24, 2.45) is 0 Å². The number of nitrogens with one attached hydrogen (secondary N) is 3. The number of hydrogen-bond donors (Lipinski definition) is 3. The van der Waals surface area contributed by atoms with Gasteiger partial charge in [-0.2, -0.15) is 4.98 Å². The number of fused-ring (bicyclic) bond motifs is 2. The third kappa shape index (κ3) is 4.52. The van der Waals surface area contributed by atoms with Crippen molar-refractivity contribution in [1.82, 2.24) is 29.5 Å². The first-order valence-corrected chi connectivity index (χ1v) is 10.7. The molecule has 0 radical (unpaired) electrons. The van der Waals surface area contributed by atoms with Gasteiger partial charge in [0.2, 0.25) is 5.91 Å². The smallest absolute Gasteiger partial charge is 0.328 e. The van der Waals surface area contributed by atoms with Crippen LogP contribution in [0.5, 0.6) is 0 Å². The monoisotopic (exact) mass is 462 g/mol. The van der Waals surface area contributed by atoms with Gasteiger partial charge in [0, 0.05) is 42.1 Å². The Morgan fingerprint density at radius 2 is 1.85 bits per heavy atom. The molecule has 12 heteroatoms. The molecule has 0 saturated carbocycles. The van der Waals surface area contributed by atoms with Crippen molar-refractivity contribution in [1.29, 1.82) is 0 Å². The molecule has 1 saturated heterocycles. The van der Waals surface area contributed by atoms with E-state index in [-0.39, 0.29) is 18.4 Å². The molecule has 3 amide bonds. The van der Waals surface area contributed by atoms with E-state index in [2.05, 4.69) is 26.3 Å². The number of morpholine rings is 1. The van der Waals surface area contributed by atoms with E-state index < -0.39 is 11.8 Å². The Kier molecular flexibility index (Phi) is 5.79. The highest BCUT2D eigenvalue weighted by molar-refractivity contribution is 6.39. The van der Waals surface area contributed by atoms with Crippen LogP contribution in [0.2, 0.25) is 0 Å². The van der Waals surface area contributed by atoms with E-state index in [9.17, 15) is 14.4 Å². The number of anilines is 2. The molecule has 0 bridgehead atoms. The normalized spacial score (nSPS) is 13.7. The van der Waals surface area contributed by atoms with Gasteiger partial charge >= 0.3 is 11.8 Å². The second-order valence-electron chi connectivity index (χ2n) is 7.68. The number of carbonyl (C=O) groups excluding carboxylic acids is 3. The maximum atomic E-state index is 12.5. The lowest BCUT2D eigenvalue weighted by molar-refractivity contribution is -0.135. The van der Waals surface area contributed by atoms with Gasteiger partial charge in [-0.25, -0.2) is 4.52 Å². The number of hydrazine groups is 1. The molecule has 1 aliphatic heterocycles. The van der Waals surface area contributed by atoms with Gasteiger partial charge in [0.1, 0.15) is 6.54 Å². The predicted molar refractivity (Wildman–Crippen MR) is 123 cm³/mol. The number of carbonyl (C=O) groups is 3. The average Bonchev–Trinajstić information content (AvgIpc) is 3.46. The maximum Gasteiger partial charge on any atom is 0.328 e. The van der Waals surface area contributed by atoms with Crippen LogP contribution < -0.4 is 16.2 Å². The van der Waals surface area contributed by atoms with Gasteiger partial charge in [-0.05, 0) is 36.4 Å². The molecular weight excluding hydrogens is 440 g/mol. The highest BCUT2D eigenvalue weighted by Crippen LogP contribution is 2.21. The van der Waals surface area contributed by atoms with E-state index in [1.165, 1.54) is 4.52 Å². The van der Waals surface area contributed by atoms with Gasteiger partial charge < -0.3 is 19.5 Å². The molecule has 4 aromatic rings. The molecule has 34 heavy (non-hydrogen) atoms. The van der Waals surface area contributed by atoms with Crippen LogP contribution in [0.1, 0.15) is 0 Å². The summed E-state index contributed by atoms with van der Waals surface area (Å²) in [6, 6.07) is 12.4. The predicted octanol–water partition coefficient (Wildman–Crippen LogP) is 0.625. The van der Waals surface area contributed by atoms with Gasteiger partial charge in [-0.1, -0.05) is 6.07 Å². The number of ether oxygens (including phenoxy) is 1. The van der Waals surface area contributed by atoms with Crippen molar-refractivity contribution in [3.8, 4) is 0 Å². The van der Waals surface area contributed by atoms with Crippen LogP contribution in [-0.4, -0.2) is 68.1 Å². The second-order valence-corrected chi connectivity index (χ2v) is 7.68. The van der Waals surface area contributed by atoms with Crippen LogP contribution in [-0.2, 0) is 25.7 Å². The molecule has 0 spiro atoms. The Bertz CT molecular complexity index is 1340. The fourth-order valence-corrected chi connectivity index (χ4v) is 3.72. The summed E-state index contributed by atoms with van der Waals surface area (Å²) >= 11 is 0. The van der Waals surface area contributed by atoms with E-state index in [1.54, 1.807) is 41.4 Å². The molecule has 174 valence electrons. The fraction of sp³-hybridized carbons (Fsp3) is 0.227. The lowest BCUT2D eigenvalue weighted by Crippen LogP contribution is -2.42. The Balaban J connectivity index is 1.19. The van der Waals surface area contributed by atoms with Crippen LogP contribution in [0, 0.1) is 0 Å². The molecule has 0 aliphatic carbocycles. The summed E-state index contributed by atoms with van der Waals surface area (Å²) in [5.41, 5.74) is 6.71. The number of benzene rings is 1. The quantitative estimate of drug-likeness (QED) is 0.292. The third-order valence-corrected chi connectivity index (χ3v) is 5.43. The first-order valence-electron chi connectivity index (χ1n) is 10.7. The summed E-state index contributed by atoms with van der Waals surface area (Å²) in [5, 5.41) is 7.52. The van der Waals surface area contributed by atoms with Gasteiger partial charge in [-0.15, -0.1) is 5.10 Å². The van der Waals surface area contributed by atoms with Crippen molar-refractivity contribution in [2.75, 3.05) is 37.0 Å².